The lowest BCUT2D eigenvalue weighted by Crippen LogP contribution is -2.22. The van der Waals surface area contributed by atoms with Crippen LogP contribution in [-0.4, -0.2) is 38.0 Å². The maximum Gasteiger partial charge on any atom is 0.310 e. The monoisotopic (exact) mass is 378 g/mol. The van der Waals surface area contributed by atoms with E-state index in [9.17, 15) is 18.3 Å². The van der Waals surface area contributed by atoms with Gasteiger partial charge in [0.1, 0.15) is 0 Å². The van der Waals surface area contributed by atoms with E-state index in [4.69, 9.17) is 4.74 Å². The van der Waals surface area contributed by atoms with E-state index in [0.29, 0.717) is 30.4 Å². The second kappa shape index (κ2) is 6.97. The molecule has 1 N–H and O–H groups in total. The Morgan fingerprint density at radius 1 is 1.12 bits per heavy atom. The predicted molar refractivity (Wildman–Crippen MR) is 97.2 cm³/mol. The third-order valence-corrected chi connectivity index (χ3v) is 8.27. The van der Waals surface area contributed by atoms with Gasteiger partial charge >= 0.3 is 5.97 Å². The SMILES string of the molecule is O=C(O)C(CC1CCOCC1)c1ccc(S(=O)(=O)C2CC2)c(C2CC2)c1. The van der Waals surface area contributed by atoms with E-state index < -0.39 is 21.7 Å². The topological polar surface area (TPSA) is 80.7 Å². The molecule has 1 heterocycles. The zero-order chi connectivity index (χ0) is 18.3. The number of hydrogen-bond donors (Lipinski definition) is 1. The molecule has 6 heteroatoms. The molecule has 1 aromatic carbocycles. The molecule has 0 amide bonds. The Hall–Kier alpha value is -1.40. The van der Waals surface area contributed by atoms with Crippen molar-refractivity contribution in [3.05, 3.63) is 29.3 Å². The molecule has 0 aromatic heterocycles. The first kappa shape index (κ1) is 18.0. The van der Waals surface area contributed by atoms with Crippen LogP contribution in [0.2, 0.25) is 0 Å². The van der Waals surface area contributed by atoms with Crippen molar-refractivity contribution in [3.8, 4) is 0 Å². The molecular weight excluding hydrogens is 352 g/mol. The average Bonchev–Trinajstić information content (AvgIpc) is 3.50. The lowest BCUT2D eigenvalue weighted by molar-refractivity contribution is -0.139. The summed E-state index contributed by atoms with van der Waals surface area (Å²) < 4.78 is 30.9. The van der Waals surface area contributed by atoms with Crippen molar-refractivity contribution >= 4 is 15.8 Å². The van der Waals surface area contributed by atoms with Crippen LogP contribution < -0.4 is 0 Å². The summed E-state index contributed by atoms with van der Waals surface area (Å²) in [5.74, 6) is -0.774. The number of aliphatic carboxylic acids is 1. The van der Waals surface area contributed by atoms with Crippen LogP contribution >= 0.6 is 0 Å². The van der Waals surface area contributed by atoms with Crippen molar-refractivity contribution in [2.75, 3.05) is 13.2 Å². The number of rotatable bonds is 7. The van der Waals surface area contributed by atoms with Gasteiger partial charge in [0.05, 0.1) is 16.1 Å². The van der Waals surface area contributed by atoms with Crippen LogP contribution in [0.25, 0.3) is 0 Å². The third-order valence-electron chi connectivity index (χ3n) is 5.93. The van der Waals surface area contributed by atoms with Gasteiger partial charge < -0.3 is 9.84 Å². The van der Waals surface area contributed by atoms with Crippen molar-refractivity contribution in [1.82, 2.24) is 0 Å². The highest BCUT2D eigenvalue weighted by molar-refractivity contribution is 7.92. The molecule has 5 nitrogen and oxygen atoms in total. The Bertz CT molecular complexity index is 786. The van der Waals surface area contributed by atoms with Crippen LogP contribution in [0.1, 0.15) is 67.9 Å². The largest absolute Gasteiger partial charge is 0.481 e. The standard InChI is InChI=1S/C20H26O5S/c21-20(22)18(11-13-7-9-25-10-8-13)15-3-6-19(17(12-15)14-1-2-14)26(23,24)16-4-5-16/h3,6,12-14,16,18H,1-2,4-5,7-11H2,(H,21,22). The Labute approximate surface area is 154 Å². The fourth-order valence-corrected chi connectivity index (χ4v) is 5.94. The summed E-state index contributed by atoms with van der Waals surface area (Å²) in [6, 6.07) is 5.29. The third kappa shape index (κ3) is 3.67. The van der Waals surface area contributed by atoms with E-state index in [-0.39, 0.29) is 11.2 Å². The number of carboxylic acid groups (broad SMARTS) is 1. The Balaban J connectivity index is 1.64. The van der Waals surface area contributed by atoms with E-state index in [0.717, 1.165) is 49.7 Å². The molecular formula is C20H26O5S. The number of carbonyl (C=O) groups is 1. The van der Waals surface area contributed by atoms with Gasteiger partial charge in [0.2, 0.25) is 0 Å². The highest BCUT2D eigenvalue weighted by Crippen LogP contribution is 2.46. The summed E-state index contributed by atoms with van der Waals surface area (Å²) in [5.41, 5.74) is 1.60. The summed E-state index contributed by atoms with van der Waals surface area (Å²) in [6.45, 7) is 1.39. The summed E-state index contributed by atoms with van der Waals surface area (Å²) >= 11 is 0. The summed E-state index contributed by atoms with van der Waals surface area (Å²) in [4.78, 5) is 12.4. The molecule has 142 valence electrons. The number of benzene rings is 1. The maximum atomic E-state index is 12.7. The van der Waals surface area contributed by atoms with Gasteiger partial charge in [-0.1, -0.05) is 12.1 Å². The van der Waals surface area contributed by atoms with Crippen LogP contribution in [0.4, 0.5) is 0 Å². The first-order valence-electron chi connectivity index (χ1n) is 9.65. The lowest BCUT2D eigenvalue weighted by atomic mass is 9.84. The van der Waals surface area contributed by atoms with Crippen molar-refractivity contribution in [2.45, 2.75) is 66.9 Å². The molecule has 3 aliphatic rings. The first-order chi connectivity index (χ1) is 12.5. The van der Waals surface area contributed by atoms with E-state index in [1.165, 1.54) is 0 Å². The summed E-state index contributed by atoms with van der Waals surface area (Å²) in [7, 11) is -3.26. The maximum absolute atomic E-state index is 12.7. The van der Waals surface area contributed by atoms with Crippen molar-refractivity contribution < 1.29 is 23.1 Å². The van der Waals surface area contributed by atoms with E-state index in [1.807, 2.05) is 6.07 Å². The molecule has 4 rings (SSSR count). The molecule has 0 bridgehead atoms. The quantitative estimate of drug-likeness (QED) is 0.785. The molecule has 0 radical (unpaired) electrons. The summed E-state index contributed by atoms with van der Waals surface area (Å²) in [6.07, 6.45) is 5.87. The molecule has 3 fully saturated rings. The number of carboxylic acids is 1. The average molecular weight is 378 g/mol. The highest BCUT2D eigenvalue weighted by Gasteiger charge is 2.40. The van der Waals surface area contributed by atoms with Crippen LogP contribution in [0.5, 0.6) is 0 Å². The van der Waals surface area contributed by atoms with Gasteiger partial charge in [-0.25, -0.2) is 8.42 Å². The van der Waals surface area contributed by atoms with Gasteiger partial charge in [-0.15, -0.1) is 0 Å². The van der Waals surface area contributed by atoms with Gasteiger partial charge in [-0.2, -0.15) is 0 Å². The Morgan fingerprint density at radius 2 is 1.81 bits per heavy atom. The molecule has 2 saturated carbocycles. The fraction of sp³-hybridized carbons (Fsp3) is 0.650. The zero-order valence-electron chi connectivity index (χ0n) is 14.9. The fourth-order valence-electron chi connectivity index (χ4n) is 4.01. The molecule has 1 atom stereocenters. The summed E-state index contributed by atoms with van der Waals surface area (Å²) in [5, 5.41) is 9.55. The Morgan fingerprint density at radius 3 is 2.38 bits per heavy atom. The van der Waals surface area contributed by atoms with Crippen LogP contribution in [0.15, 0.2) is 23.1 Å². The van der Waals surface area contributed by atoms with Gasteiger partial charge in [-0.3, -0.25) is 4.79 Å². The van der Waals surface area contributed by atoms with Crippen molar-refractivity contribution in [3.63, 3.8) is 0 Å². The number of hydrogen-bond acceptors (Lipinski definition) is 4. The van der Waals surface area contributed by atoms with Crippen molar-refractivity contribution in [1.29, 1.82) is 0 Å². The minimum Gasteiger partial charge on any atom is -0.481 e. The predicted octanol–water partition coefficient (Wildman–Crippen LogP) is 3.49. The van der Waals surface area contributed by atoms with Gasteiger partial charge in [0, 0.05) is 13.2 Å². The molecule has 26 heavy (non-hydrogen) atoms. The lowest BCUT2D eigenvalue weighted by Gasteiger charge is -2.25. The highest BCUT2D eigenvalue weighted by atomic mass is 32.2. The second-order valence-corrected chi connectivity index (χ2v) is 10.2. The van der Waals surface area contributed by atoms with Gasteiger partial charge in [0.15, 0.2) is 9.84 Å². The van der Waals surface area contributed by atoms with Gasteiger partial charge in [0.25, 0.3) is 0 Å². The molecule has 1 unspecified atom stereocenters. The van der Waals surface area contributed by atoms with Crippen LogP contribution in [-0.2, 0) is 19.4 Å². The second-order valence-electron chi connectivity index (χ2n) is 8.00. The molecule has 2 aliphatic carbocycles. The molecule has 1 aromatic rings. The number of sulfone groups is 1. The van der Waals surface area contributed by atoms with Crippen LogP contribution in [0, 0.1) is 5.92 Å². The van der Waals surface area contributed by atoms with Gasteiger partial charge in [-0.05, 0) is 74.0 Å². The molecule has 1 saturated heterocycles. The van der Waals surface area contributed by atoms with Crippen LogP contribution in [0.3, 0.4) is 0 Å². The smallest absolute Gasteiger partial charge is 0.310 e. The first-order valence-corrected chi connectivity index (χ1v) is 11.2. The molecule has 1 aliphatic heterocycles. The van der Waals surface area contributed by atoms with E-state index in [2.05, 4.69) is 0 Å². The molecule has 0 spiro atoms. The minimum atomic E-state index is -3.26. The zero-order valence-corrected chi connectivity index (χ0v) is 15.7. The normalized spacial score (nSPS) is 22.9. The van der Waals surface area contributed by atoms with E-state index in [1.54, 1.807) is 12.1 Å². The van der Waals surface area contributed by atoms with Crippen molar-refractivity contribution in [2.24, 2.45) is 5.92 Å². The number of ether oxygens (including phenoxy) is 1. The Kier molecular flexibility index (Phi) is 4.82. The van der Waals surface area contributed by atoms with E-state index >= 15 is 0 Å². The minimum absolute atomic E-state index is 0.233.